The average molecular weight is 261 g/mol. The van der Waals surface area contributed by atoms with Crippen LogP contribution in [0.15, 0.2) is 18.2 Å². The molecule has 1 N–H and O–H groups in total. The van der Waals surface area contributed by atoms with Gasteiger partial charge in [-0.3, -0.25) is 0 Å². The Morgan fingerprint density at radius 1 is 1.11 bits per heavy atom. The summed E-state index contributed by atoms with van der Waals surface area (Å²) >= 11 is 0. The minimum absolute atomic E-state index is 0.711. The normalized spacial score (nSPS) is 17.8. The van der Waals surface area contributed by atoms with Gasteiger partial charge >= 0.3 is 0 Å². The predicted molar refractivity (Wildman–Crippen MR) is 80.7 cm³/mol. The molecule has 0 amide bonds. The van der Waals surface area contributed by atoms with Gasteiger partial charge in [0.2, 0.25) is 0 Å². The zero-order valence-corrected chi connectivity index (χ0v) is 12.4. The second-order valence-electron chi connectivity index (χ2n) is 5.73. The summed E-state index contributed by atoms with van der Waals surface area (Å²) < 4.78 is 5.30. The van der Waals surface area contributed by atoms with Crippen LogP contribution >= 0.6 is 0 Å². The quantitative estimate of drug-likeness (QED) is 0.876. The van der Waals surface area contributed by atoms with Gasteiger partial charge in [0, 0.05) is 12.6 Å². The first-order chi connectivity index (χ1) is 9.29. The molecule has 0 atom stereocenters. The minimum Gasteiger partial charge on any atom is -0.496 e. The SMILES string of the molecule is COc1ccc(CNC2CCCCCCC2)cc1C. The first-order valence-corrected chi connectivity index (χ1v) is 7.66. The van der Waals surface area contributed by atoms with Crippen LogP contribution in [0, 0.1) is 6.92 Å². The molecule has 1 aromatic rings. The molecular formula is C17H27NO. The molecule has 1 aliphatic carbocycles. The number of methoxy groups -OCH3 is 1. The van der Waals surface area contributed by atoms with E-state index in [-0.39, 0.29) is 0 Å². The second kappa shape index (κ2) is 7.54. The monoisotopic (exact) mass is 261 g/mol. The third-order valence-corrected chi connectivity index (χ3v) is 4.16. The molecule has 0 aliphatic heterocycles. The molecule has 0 aromatic heterocycles. The Labute approximate surface area is 117 Å². The predicted octanol–water partition coefficient (Wildman–Crippen LogP) is 4.21. The fourth-order valence-electron chi connectivity index (χ4n) is 2.97. The van der Waals surface area contributed by atoms with Crippen molar-refractivity contribution in [3.05, 3.63) is 29.3 Å². The summed E-state index contributed by atoms with van der Waals surface area (Å²) in [4.78, 5) is 0. The zero-order valence-electron chi connectivity index (χ0n) is 12.4. The molecule has 0 bridgehead atoms. The maximum Gasteiger partial charge on any atom is 0.121 e. The van der Waals surface area contributed by atoms with E-state index in [9.17, 15) is 0 Å². The molecule has 19 heavy (non-hydrogen) atoms. The van der Waals surface area contributed by atoms with Gasteiger partial charge in [0.15, 0.2) is 0 Å². The summed E-state index contributed by atoms with van der Waals surface area (Å²) in [5.41, 5.74) is 2.58. The molecule has 1 fully saturated rings. The number of hydrogen-bond acceptors (Lipinski definition) is 2. The highest BCUT2D eigenvalue weighted by molar-refractivity contribution is 5.36. The van der Waals surface area contributed by atoms with E-state index in [0.29, 0.717) is 6.04 Å². The Hall–Kier alpha value is -1.02. The van der Waals surface area contributed by atoms with E-state index in [1.165, 1.54) is 56.1 Å². The van der Waals surface area contributed by atoms with E-state index in [2.05, 4.69) is 30.4 Å². The lowest BCUT2D eigenvalue weighted by molar-refractivity contribution is 0.388. The standard InChI is InChI=1S/C17H27NO/c1-14-12-15(10-11-17(14)19-2)13-18-16-8-6-4-3-5-7-9-16/h10-12,16,18H,3-9,13H2,1-2H3. The van der Waals surface area contributed by atoms with Gasteiger partial charge in [-0.25, -0.2) is 0 Å². The van der Waals surface area contributed by atoms with Crippen molar-refractivity contribution >= 4 is 0 Å². The maximum absolute atomic E-state index is 5.30. The molecule has 0 radical (unpaired) electrons. The Bertz CT molecular complexity index is 381. The maximum atomic E-state index is 5.30. The van der Waals surface area contributed by atoms with Crippen molar-refractivity contribution in [2.45, 2.75) is 64.5 Å². The van der Waals surface area contributed by atoms with E-state index < -0.39 is 0 Å². The number of rotatable bonds is 4. The molecule has 0 heterocycles. The van der Waals surface area contributed by atoms with Gasteiger partial charge in [-0.05, 0) is 37.0 Å². The smallest absolute Gasteiger partial charge is 0.121 e. The van der Waals surface area contributed by atoms with Crippen molar-refractivity contribution < 1.29 is 4.74 Å². The molecule has 106 valence electrons. The first kappa shape index (κ1) is 14.4. The number of benzene rings is 1. The average Bonchev–Trinajstić information content (AvgIpc) is 2.37. The summed E-state index contributed by atoms with van der Waals surface area (Å²) in [5, 5.41) is 3.73. The van der Waals surface area contributed by atoms with Crippen LogP contribution in [-0.2, 0) is 6.54 Å². The summed E-state index contributed by atoms with van der Waals surface area (Å²) in [5.74, 6) is 0.981. The van der Waals surface area contributed by atoms with Gasteiger partial charge in [-0.15, -0.1) is 0 Å². The molecule has 1 aromatic carbocycles. The van der Waals surface area contributed by atoms with Crippen LogP contribution in [0.3, 0.4) is 0 Å². The van der Waals surface area contributed by atoms with Crippen LogP contribution in [0.2, 0.25) is 0 Å². The summed E-state index contributed by atoms with van der Waals surface area (Å²) in [6, 6.07) is 7.18. The fraction of sp³-hybridized carbons (Fsp3) is 0.647. The van der Waals surface area contributed by atoms with Gasteiger partial charge < -0.3 is 10.1 Å². The Balaban J connectivity index is 1.85. The number of hydrogen-bond donors (Lipinski definition) is 1. The zero-order chi connectivity index (χ0) is 13.5. The van der Waals surface area contributed by atoms with Crippen LogP contribution < -0.4 is 10.1 Å². The van der Waals surface area contributed by atoms with E-state index in [1.807, 2.05) is 0 Å². The third-order valence-electron chi connectivity index (χ3n) is 4.16. The van der Waals surface area contributed by atoms with Gasteiger partial charge in [0.25, 0.3) is 0 Å². The van der Waals surface area contributed by atoms with Crippen LogP contribution in [-0.4, -0.2) is 13.2 Å². The third kappa shape index (κ3) is 4.54. The number of nitrogens with one attached hydrogen (secondary N) is 1. The molecule has 1 saturated carbocycles. The molecule has 0 unspecified atom stereocenters. The van der Waals surface area contributed by atoms with Gasteiger partial charge in [0.1, 0.15) is 5.75 Å². The van der Waals surface area contributed by atoms with Crippen LogP contribution in [0.4, 0.5) is 0 Å². The van der Waals surface area contributed by atoms with Crippen LogP contribution in [0.5, 0.6) is 5.75 Å². The molecule has 0 saturated heterocycles. The Morgan fingerprint density at radius 2 is 1.79 bits per heavy atom. The van der Waals surface area contributed by atoms with E-state index >= 15 is 0 Å². The van der Waals surface area contributed by atoms with Crippen LogP contribution in [0.1, 0.15) is 56.1 Å². The fourth-order valence-corrected chi connectivity index (χ4v) is 2.97. The molecular weight excluding hydrogens is 234 g/mol. The van der Waals surface area contributed by atoms with Crippen molar-refractivity contribution in [3.8, 4) is 5.75 Å². The van der Waals surface area contributed by atoms with Crippen molar-refractivity contribution in [1.29, 1.82) is 0 Å². The molecule has 0 spiro atoms. The van der Waals surface area contributed by atoms with E-state index in [1.54, 1.807) is 7.11 Å². The van der Waals surface area contributed by atoms with E-state index in [0.717, 1.165) is 12.3 Å². The molecule has 2 heteroatoms. The van der Waals surface area contributed by atoms with Gasteiger partial charge in [-0.2, -0.15) is 0 Å². The lowest BCUT2D eigenvalue weighted by Crippen LogP contribution is -2.29. The van der Waals surface area contributed by atoms with Crippen molar-refractivity contribution in [2.24, 2.45) is 0 Å². The largest absolute Gasteiger partial charge is 0.496 e. The lowest BCUT2D eigenvalue weighted by atomic mass is 9.96. The summed E-state index contributed by atoms with van der Waals surface area (Å²) in [7, 11) is 1.73. The minimum atomic E-state index is 0.711. The van der Waals surface area contributed by atoms with Crippen molar-refractivity contribution in [3.63, 3.8) is 0 Å². The second-order valence-corrected chi connectivity index (χ2v) is 5.73. The van der Waals surface area contributed by atoms with E-state index in [4.69, 9.17) is 4.74 Å². The number of ether oxygens (including phenoxy) is 1. The highest BCUT2D eigenvalue weighted by Gasteiger charge is 2.10. The summed E-state index contributed by atoms with van der Waals surface area (Å²) in [6.45, 7) is 3.09. The van der Waals surface area contributed by atoms with Gasteiger partial charge in [-0.1, -0.05) is 44.2 Å². The summed E-state index contributed by atoms with van der Waals surface area (Å²) in [6.07, 6.45) is 9.73. The highest BCUT2D eigenvalue weighted by Crippen LogP contribution is 2.20. The highest BCUT2D eigenvalue weighted by atomic mass is 16.5. The number of aryl methyl sites for hydroxylation is 1. The van der Waals surface area contributed by atoms with Crippen molar-refractivity contribution in [2.75, 3.05) is 7.11 Å². The topological polar surface area (TPSA) is 21.3 Å². The molecule has 1 aliphatic rings. The Kier molecular flexibility index (Phi) is 5.71. The van der Waals surface area contributed by atoms with Crippen LogP contribution in [0.25, 0.3) is 0 Å². The lowest BCUT2D eigenvalue weighted by Gasteiger charge is -2.21. The molecule has 2 nitrogen and oxygen atoms in total. The first-order valence-electron chi connectivity index (χ1n) is 7.66. The van der Waals surface area contributed by atoms with Crippen molar-refractivity contribution in [1.82, 2.24) is 5.32 Å². The molecule has 2 rings (SSSR count). The Morgan fingerprint density at radius 3 is 2.42 bits per heavy atom. The van der Waals surface area contributed by atoms with Gasteiger partial charge in [0.05, 0.1) is 7.11 Å².